The second-order valence-electron chi connectivity index (χ2n) is 2.95. The number of nitrogens with one attached hydrogen (secondary N) is 1. The molecule has 0 radical (unpaired) electrons. The van der Waals surface area contributed by atoms with E-state index in [1.165, 1.54) is 6.07 Å². The van der Waals surface area contributed by atoms with E-state index in [0.29, 0.717) is 0 Å². The molecule has 1 aromatic rings. The normalized spacial score (nSPS) is 11.6. The minimum atomic E-state index is -3.60. The maximum absolute atomic E-state index is 11.6. The van der Waals surface area contributed by atoms with Crippen LogP contribution in [0.25, 0.3) is 0 Å². The molecular formula is C8H10ClNO4S2. The van der Waals surface area contributed by atoms with Crippen molar-refractivity contribution < 1.29 is 18.3 Å². The Morgan fingerprint density at radius 3 is 2.75 bits per heavy atom. The number of carboxylic acid groups (broad SMARTS) is 1. The Morgan fingerprint density at radius 1 is 1.56 bits per heavy atom. The van der Waals surface area contributed by atoms with E-state index in [0.717, 1.165) is 11.3 Å². The monoisotopic (exact) mass is 283 g/mol. The summed E-state index contributed by atoms with van der Waals surface area (Å²) in [5.74, 6) is -0.951. The Kier molecular flexibility index (Phi) is 4.72. The molecule has 0 aliphatic rings. The topological polar surface area (TPSA) is 83.5 Å². The lowest BCUT2D eigenvalue weighted by Crippen LogP contribution is -2.24. The van der Waals surface area contributed by atoms with Crippen molar-refractivity contribution in [2.75, 3.05) is 6.54 Å². The molecule has 0 saturated carbocycles. The van der Waals surface area contributed by atoms with Gasteiger partial charge in [0.1, 0.15) is 0 Å². The Balaban J connectivity index is 2.54. The number of aliphatic carboxylic acids is 1. The highest BCUT2D eigenvalue weighted by Gasteiger charge is 2.18. The minimum Gasteiger partial charge on any atom is -0.481 e. The fourth-order valence-electron chi connectivity index (χ4n) is 0.983. The summed E-state index contributed by atoms with van der Waals surface area (Å²) in [5, 5.41) is 10.1. The number of carbonyl (C=O) groups is 1. The third-order valence-corrected chi connectivity index (χ3v) is 5.17. The van der Waals surface area contributed by atoms with Crippen LogP contribution in [0, 0.1) is 0 Å². The molecule has 0 bridgehead atoms. The van der Waals surface area contributed by atoms with Gasteiger partial charge in [-0.2, -0.15) is 0 Å². The highest BCUT2D eigenvalue weighted by Crippen LogP contribution is 2.26. The van der Waals surface area contributed by atoms with Crippen LogP contribution < -0.4 is 4.72 Å². The smallest absolute Gasteiger partial charge is 0.303 e. The molecule has 0 fully saturated rings. The highest BCUT2D eigenvalue weighted by molar-refractivity contribution is 7.91. The van der Waals surface area contributed by atoms with Crippen molar-refractivity contribution in [2.45, 2.75) is 17.1 Å². The van der Waals surface area contributed by atoms with E-state index in [1.807, 2.05) is 0 Å². The number of rotatable bonds is 6. The third-order valence-electron chi connectivity index (χ3n) is 1.69. The Morgan fingerprint density at radius 2 is 2.25 bits per heavy atom. The fraction of sp³-hybridized carbons (Fsp3) is 0.375. The third kappa shape index (κ3) is 3.75. The van der Waals surface area contributed by atoms with E-state index >= 15 is 0 Å². The maximum Gasteiger partial charge on any atom is 0.303 e. The lowest BCUT2D eigenvalue weighted by atomic mass is 10.3. The van der Waals surface area contributed by atoms with E-state index in [1.54, 1.807) is 5.38 Å². The van der Waals surface area contributed by atoms with Gasteiger partial charge in [0.25, 0.3) is 10.0 Å². The summed E-state index contributed by atoms with van der Waals surface area (Å²) in [6.07, 6.45) is 0.179. The van der Waals surface area contributed by atoms with Crippen molar-refractivity contribution in [3.8, 4) is 0 Å². The van der Waals surface area contributed by atoms with E-state index in [-0.39, 0.29) is 28.6 Å². The van der Waals surface area contributed by atoms with Gasteiger partial charge in [-0.25, -0.2) is 13.1 Å². The van der Waals surface area contributed by atoms with Gasteiger partial charge in [0.2, 0.25) is 0 Å². The average Bonchev–Trinajstić information content (AvgIpc) is 2.59. The number of hydrogen-bond acceptors (Lipinski definition) is 4. The number of thiophene rings is 1. The number of halogens is 1. The molecule has 0 atom stereocenters. The van der Waals surface area contributed by atoms with Crippen molar-refractivity contribution in [3.63, 3.8) is 0 Å². The molecule has 1 aromatic heterocycles. The molecule has 0 aliphatic carbocycles. The second-order valence-corrected chi connectivity index (χ2v) is 6.24. The van der Waals surface area contributed by atoms with E-state index in [9.17, 15) is 13.2 Å². The summed E-state index contributed by atoms with van der Waals surface area (Å²) in [6.45, 7) is 0.0862. The van der Waals surface area contributed by atoms with Gasteiger partial charge in [-0.1, -0.05) is 11.6 Å². The SMILES string of the molecule is O=C(O)CCCNS(=O)(=O)c1sccc1Cl. The van der Waals surface area contributed by atoms with Crippen LogP contribution in [0.4, 0.5) is 0 Å². The van der Waals surface area contributed by atoms with Crippen LogP contribution in [0.3, 0.4) is 0 Å². The zero-order chi connectivity index (χ0) is 12.2. The van der Waals surface area contributed by atoms with Crippen LogP contribution in [0.2, 0.25) is 5.02 Å². The van der Waals surface area contributed by atoms with Crippen LogP contribution in [-0.4, -0.2) is 26.0 Å². The summed E-state index contributed by atoms with van der Waals surface area (Å²) >= 11 is 6.71. The molecule has 16 heavy (non-hydrogen) atoms. The highest BCUT2D eigenvalue weighted by atomic mass is 35.5. The molecule has 1 rings (SSSR count). The summed E-state index contributed by atoms with van der Waals surface area (Å²) in [4.78, 5) is 10.2. The molecule has 0 unspecified atom stereocenters. The van der Waals surface area contributed by atoms with Crippen molar-refractivity contribution in [2.24, 2.45) is 0 Å². The zero-order valence-electron chi connectivity index (χ0n) is 8.14. The largest absolute Gasteiger partial charge is 0.481 e. The first-order valence-electron chi connectivity index (χ1n) is 4.38. The number of carboxylic acids is 1. The molecule has 5 nitrogen and oxygen atoms in total. The first-order chi connectivity index (χ1) is 7.43. The van der Waals surface area contributed by atoms with Crippen molar-refractivity contribution in [3.05, 3.63) is 16.5 Å². The standard InChI is InChI=1S/C8H10ClNO4S2/c9-6-3-5-15-8(6)16(13,14)10-4-1-2-7(11)12/h3,5,10H,1-2,4H2,(H,11,12). The predicted octanol–water partition coefficient (Wildman–Crippen LogP) is 1.54. The maximum atomic E-state index is 11.6. The van der Waals surface area contributed by atoms with Gasteiger partial charge in [0, 0.05) is 13.0 Å². The summed E-state index contributed by atoms with van der Waals surface area (Å²) in [6, 6.07) is 1.50. The Labute approximate surface area is 102 Å². The molecule has 0 aliphatic heterocycles. The van der Waals surface area contributed by atoms with Crippen LogP contribution >= 0.6 is 22.9 Å². The Hall–Kier alpha value is -0.630. The first-order valence-corrected chi connectivity index (χ1v) is 7.12. The molecule has 90 valence electrons. The van der Waals surface area contributed by atoms with Crippen molar-refractivity contribution >= 4 is 38.9 Å². The van der Waals surface area contributed by atoms with Crippen molar-refractivity contribution in [1.29, 1.82) is 0 Å². The lowest BCUT2D eigenvalue weighted by molar-refractivity contribution is -0.137. The fourth-order valence-corrected chi connectivity index (χ4v) is 3.79. The van der Waals surface area contributed by atoms with Gasteiger partial charge in [-0.05, 0) is 17.9 Å². The predicted molar refractivity (Wildman–Crippen MR) is 61.4 cm³/mol. The second kappa shape index (κ2) is 5.62. The summed E-state index contributed by atoms with van der Waals surface area (Å²) < 4.78 is 25.6. The number of sulfonamides is 1. The summed E-state index contributed by atoms with van der Waals surface area (Å²) in [7, 11) is -3.60. The first kappa shape index (κ1) is 13.4. The van der Waals surface area contributed by atoms with Crippen LogP contribution in [-0.2, 0) is 14.8 Å². The van der Waals surface area contributed by atoms with E-state index in [4.69, 9.17) is 16.7 Å². The van der Waals surface area contributed by atoms with E-state index < -0.39 is 16.0 Å². The van der Waals surface area contributed by atoms with Gasteiger partial charge in [-0.3, -0.25) is 4.79 Å². The van der Waals surface area contributed by atoms with Gasteiger partial charge in [0.05, 0.1) is 5.02 Å². The Bertz CT molecular complexity index is 468. The molecule has 2 N–H and O–H groups in total. The lowest BCUT2D eigenvalue weighted by Gasteiger charge is -2.03. The van der Waals surface area contributed by atoms with Gasteiger partial charge in [0.15, 0.2) is 4.21 Å². The molecule has 0 spiro atoms. The van der Waals surface area contributed by atoms with Gasteiger partial charge >= 0.3 is 5.97 Å². The molecule has 0 aromatic carbocycles. The average molecular weight is 284 g/mol. The van der Waals surface area contributed by atoms with Gasteiger partial charge in [-0.15, -0.1) is 11.3 Å². The summed E-state index contributed by atoms with van der Waals surface area (Å²) in [5.41, 5.74) is 0. The molecule has 0 amide bonds. The van der Waals surface area contributed by atoms with Crippen LogP contribution in [0.1, 0.15) is 12.8 Å². The van der Waals surface area contributed by atoms with Crippen LogP contribution in [0.15, 0.2) is 15.7 Å². The molecular weight excluding hydrogens is 274 g/mol. The number of hydrogen-bond donors (Lipinski definition) is 2. The molecule has 8 heteroatoms. The van der Waals surface area contributed by atoms with E-state index in [2.05, 4.69) is 4.72 Å². The van der Waals surface area contributed by atoms with Gasteiger partial charge < -0.3 is 5.11 Å². The minimum absolute atomic E-state index is 0.0597. The zero-order valence-corrected chi connectivity index (χ0v) is 10.5. The molecule has 0 saturated heterocycles. The van der Waals surface area contributed by atoms with Crippen molar-refractivity contribution in [1.82, 2.24) is 4.72 Å². The molecule has 1 heterocycles. The quantitative estimate of drug-likeness (QED) is 0.776. The van der Waals surface area contributed by atoms with Crippen LogP contribution in [0.5, 0.6) is 0 Å².